The van der Waals surface area contributed by atoms with Crippen LogP contribution >= 0.6 is 11.6 Å². The zero-order valence-electron chi connectivity index (χ0n) is 4.98. The molecule has 0 spiro atoms. The van der Waals surface area contributed by atoms with Crippen molar-refractivity contribution in [2.45, 2.75) is 12.2 Å². The van der Waals surface area contributed by atoms with Crippen molar-refractivity contribution in [3.05, 3.63) is 0 Å². The van der Waals surface area contributed by atoms with Crippen molar-refractivity contribution >= 4 is 17.6 Å². The minimum absolute atomic E-state index is 0.588. The second-order valence-electron chi connectivity index (χ2n) is 1.50. The fourth-order valence-corrected chi connectivity index (χ4v) is 0.570. The predicted molar refractivity (Wildman–Crippen MR) is 30.1 cm³/mol. The van der Waals surface area contributed by atoms with Gasteiger partial charge < -0.3 is 4.74 Å². The van der Waals surface area contributed by atoms with Crippen molar-refractivity contribution in [3.8, 4) is 0 Å². The van der Waals surface area contributed by atoms with Gasteiger partial charge in [0, 0.05) is 6.92 Å². The summed E-state index contributed by atoms with van der Waals surface area (Å²) in [5.74, 6) is -0.588. The number of rotatable bonds is 1. The van der Waals surface area contributed by atoms with Gasteiger partial charge in [-0.2, -0.15) is 0 Å². The van der Waals surface area contributed by atoms with Gasteiger partial charge >= 0.3 is 11.3 Å². The van der Waals surface area contributed by atoms with E-state index in [2.05, 4.69) is 25.4 Å². The van der Waals surface area contributed by atoms with E-state index in [0.29, 0.717) is 0 Å². The van der Waals surface area contributed by atoms with Crippen LogP contribution < -0.4 is 0 Å². The Morgan fingerprint density at radius 3 is 2.40 bits per heavy atom. The molecule has 0 aromatic carbocycles. The van der Waals surface area contributed by atoms with E-state index in [4.69, 9.17) is 11.6 Å². The highest BCUT2D eigenvalue weighted by atomic mass is 35.5. The fourth-order valence-electron chi connectivity index (χ4n) is 0.394. The van der Waals surface area contributed by atoms with Gasteiger partial charge in [-0.25, -0.2) is 0 Å². The maximum atomic E-state index is 10.3. The van der Waals surface area contributed by atoms with Crippen LogP contribution in [0.15, 0.2) is 20.7 Å². The molecular formula is C3H3ClN4O2. The van der Waals surface area contributed by atoms with E-state index in [-0.39, 0.29) is 0 Å². The molecule has 0 aromatic heterocycles. The number of esters is 1. The molecule has 10 heavy (non-hydrogen) atoms. The molecule has 0 atom stereocenters. The zero-order chi connectivity index (χ0) is 7.61. The van der Waals surface area contributed by atoms with Crippen molar-refractivity contribution in [2.75, 3.05) is 0 Å². The van der Waals surface area contributed by atoms with Crippen LogP contribution in [0, 0.1) is 0 Å². The van der Waals surface area contributed by atoms with E-state index < -0.39 is 11.3 Å². The van der Waals surface area contributed by atoms with Crippen LogP contribution in [0.1, 0.15) is 6.92 Å². The molecule has 1 heterocycles. The first-order valence-electron chi connectivity index (χ1n) is 2.35. The van der Waals surface area contributed by atoms with Crippen LogP contribution in [0.5, 0.6) is 0 Å². The van der Waals surface area contributed by atoms with Crippen molar-refractivity contribution in [1.82, 2.24) is 0 Å². The van der Waals surface area contributed by atoms with Crippen LogP contribution in [-0.2, 0) is 9.53 Å². The van der Waals surface area contributed by atoms with Gasteiger partial charge in [0.25, 0.3) is 0 Å². The van der Waals surface area contributed by atoms with Gasteiger partial charge in [0.15, 0.2) is 0 Å². The molecule has 1 aliphatic rings. The predicted octanol–water partition coefficient (Wildman–Crippen LogP) is 1.23. The molecule has 0 saturated carbocycles. The van der Waals surface area contributed by atoms with Crippen LogP contribution in [0.3, 0.4) is 0 Å². The Labute approximate surface area is 60.9 Å². The maximum absolute atomic E-state index is 10.3. The molecule has 6 nitrogen and oxygen atoms in total. The van der Waals surface area contributed by atoms with Gasteiger partial charge in [-0.1, -0.05) is 10.2 Å². The summed E-state index contributed by atoms with van der Waals surface area (Å²) in [5.41, 5.74) is 0. The lowest BCUT2D eigenvalue weighted by Gasteiger charge is -2.08. The first kappa shape index (κ1) is 7.07. The van der Waals surface area contributed by atoms with Gasteiger partial charge in [0.1, 0.15) is 0 Å². The summed E-state index contributed by atoms with van der Waals surface area (Å²) in [6.07, 6.45) is 0. The van der Waals surface area contributed by atoms with Crippen LogP contribution in [-0.4, -0.2) is 11.3 Å². The SMILES string of the molecule is CC(=O)OC1(Cl)N=NN=N1. The average molecular weight is 163 g/mol. The van der Waals surface area contributed by atoms with Crippen molar-refractivity contribution in [1.29, 1.82) is 0 Å². The third-order valence-electron chi connectivity index (χ3n) is 0.650. The molecule has 0 N–H and O–H groups in total. The van der Waals surface area contributed by atoms with E-state index in [9.17, 15) is 4.79 Å². The van der Waals surface area contributed by atoms with Gasteiger partial charge in [-0.05, 0) is 22.0 Å². The molecule has 0 saturated heterocycles. The van der Waals surface area contributed by atoms with E-state index in [1.807, 2.05) is 0 Å². The molecule has 0 fully saturated rings. The molecule has 7 heteroatoms. The standard InChI is InChI=1S/C3H3ClN4O2/c1-2(9)10-3(4)5-7-8-6-3/h1H3. The minimum Gasteiger partial charge on any atom is -0.401 e. The lowest BCUT2D eigenvalue weighted by Crippen LogP contribution is -2.20. The van der Waals surface area contributed by atoms with E-state index in [1.165, 1.54) is 6.92 Å². The Morgan fingerprint density at radius 2 is 2.00 bits per heavy atom. The average Bonchev–Trinajstić information content (AvgIpc) is 2.12. The largest absolute Gasteiger partial charge is 0.423 e. The number of nitrogens with zero attached hydrogens (tertiary/aromatic N) is 4. The molecule has 0 bridgehead atoms. The summed E-state index contributed by atoms with van der Waals surface area (Å²) in [6, 6.07) is 0. The number of carbonyl (C=O) groups is 1. The molecule has 1 aliphatic heterocycles. The Hall–Kier alpha value is -1.04. The van der Waals surface area contributed by atoms with Gasteiger partial charge in [0.05, 0.1) is 0 Å². The first-order valence-corrected chi connectivity index (χ1v) is 2.73. The fraction of sp³-hybridized carbons (Fsp3) is 0.667. The summed E-state index contributed by atoms with van der Waals surface area (Å²) in [6.45, 7) is 1.19. The molecule has 0 aliphatic carbocycles. The number of ether oxygens (including phenoxy) is 1. The van der Waals surface area contributed by atoms with Gasteiger partial charge in [0.2, 0.25) is 0 Å². The topological polar surface area (TPSA) is 75.7 Å². The number of alkyl halides is 1. The van der Waals surface area contributed by atoms with Crippen molar-refractivity contribution in [2.24, 2.45) is 20.7 Å². The maximum Gasteiger partial charge on any atom is 0.423 e. The highest BCUT2D eigenvalue weighted by Crippen LogP contribution is 2.25. The summed E-state index contributed by atoms with van der Waals surface area (Å²) < 4.78 is 4.40. The first-order chi connectivity index (χ1) is 4.62. The quantitative estimate of drug-likeness (QED) is 0.330. The summed E-state index contributed by atoms with van der Waals surface area (Å²) in [5, 5.41) is 10.8. The second kappa shape index (κ2) is 2.30. The molecule has 1 rings (SSSR count). The molecular weight excluding hydrogens is 160 g/mol. The van der Waals surface area contributed by atoms with Crippen molar-refractivity contribution < 1.29 is 9.53 Å². The second-order valence-corrected chi connectivity index (χ2v) is 1.99. The third-order valence-corrected chi connectivity index (χ3v) is 0.878. The number of hydrogen-bond acceptors (Lipinski definition) is 6. The van der Waals surface area contributed by atoms with Gasteiger partial charge in [-0.3, -0.25) is 4.79 Å². The van der Waals surface area contributed by atoms with E-state index in [1.54, 1.807) is 0 Å². The molecule has 54 valence electrons. The Bertz CT molecular complexity index is 201. The Balaban J connectivity index is 2.62. The smallest absolute Gasteiger partial charge is 0.401 e. The highest BCUT2D eigenvalue weighted by molar-refractivity contribution is 6.23. The highest BCUT2D eigenvalue weighted by Gasteiger charge is 2.33. The third kappa shape index (κ3) is 1.47. The minimum atomic E-state index is -1.74. The lowest BCUT2D eigenvalue weighted by atomic mass is 10.8. The summed E-state index contributed by atoms with van der Waals surface area (Å²) >= 11 is 5.40. The Kier molecular flexibility index (Phi) is 1.62. The van der Waals surface area contributed by atoms with Crippen molar-refractivity contribution in [3.63, 3.8) is 0 Å². The van der Waals surface area contributed by atoms with E-state index in [0.717, 1.165) is 0 Å². The lowest BCUT2D eigenvalue weighted by molar-refractivity contribution is -0.148. The van der Waals surface area contributed by atoms with Gasteiger partial charge in [-0.15, -0.1) is 0 Å². The van der Waals surface area contributed by atoms with Crippen LogP contribution in [0.2, 0.25) is 0 Å². The zero-order valence-corrected chi connectivity index (χ0v) is 5.74. The summed E-state index contributed by atoms with van der Waals surface area (Å²) in [4.78, 5) is 10.3. The van der Waals surface area contributed by atoms with Crippen LogP contribution in [0.4, 0.5) is 0 Å². The molecule has 0 unspecified atom stereocenters. The molecule has 0 amide bonds. The molecule has 0 aromatic rings. The Morgan fingerprint density at radius 1 is 1.50 bits per heavy atom. The normalized spacial score (nSPS) is 19.4. The van der Waals surface area contributed by atoms with E-state index >= 15 is 0 Å². The monoisotopic (exact) mass is 162 g/mol. The number of carbonyl (C=O) groups excluding carboxylic acids is 1. The molecule has 0 radical (unpaired) electrons. The number of halogens is 1. The number of hydrogen-bond donors (Lipinski definition) is 0. The summed E-state index contributed by atoms with van der Waals surface area (Å²) in [7, 11) is 0. The van der Waals surface area contributed by atoms with Crippen LogP contribution in [0.25, 0.3) is 0 Å².